The van der Waals surface area contributed by atoms with E-state index in [2.05, 4.69) is 17.6 Å². The Morgan fingerprint density at radius 3 is 2.09 bits per heavy atom. The van der Waals surface area contributed by atoms with Gasteiger partial charge in [-0.15, -0.1) is 0 Å². The fourth-order valence-electron chi connectivity index (χ4n) is 1.94. The van der Waals surface area contributed by atoms with Gasteiger partial charge in [-0.05, 0) is 40.0 Å². The van der Waals surface area contributed by atoms with Crippen molar-refractivity contribution >= 4 is 12.0 Å². The number of nitrogens with one attached hydrogen (secondary N) is 2. The SMILES string of the molecule is CCCCNC(=O)CCCCCCCNC(=O)OC(C)(C)C. The van der Waals surface area contributed by atoms with Gasteiger partial charge >= 0.3 is 6.09 Å². The zero-order chi connectivity index (χ0) is 16.8. The molecular formula is C17H34N2O3. The molecule has 130 valence electrons. The molecule has 22 heavy (non-hydrogen) atoms. The first-order valence-electron chi connectivity index (χ1n) is 8.58. The van der Waals surface area contributed by atoms with Crippen LogP contribution in [0.1, 0.15) is 79.1 Å². The van der Waals surface area contributed by atoms with Crippen LogP contribution in [-0.2, 0) is 9.53 Å². The van der Waals surface area contributed by atoms with Gasteiger partial charge in [0.2, 0.25) is 5.91 Å². The lowest BCUT2D eigenvalue weighted by Gasteiger charge is -2.19. The van der Waals surface area contributed by atoms with Crippen molar-refractivity contribution in [3.63, 3.8) is 0 Å². The van der Waals surface area contributed by atoms with Crippen LogP contribution >= 0.6 is 0 Å². The van der Waals surface area contributed by atoms with E-state index in [1.807, 2.05) is 20.8 Å². The van der Waals surface area contributed by atoms with Crippen LogP contribution in [0, 0.1) is 0 Å². The van der Waals surface area contributed by atoms with Crippen LogP contribution in [-0.4, -0.2) is 30.7 Å². The van der Waals surface area contributed by atoms with Gasteiger partial charge in [-0.1, -0.05) is 32.6 Å². The van der Waals surface area contributed by atoms with Crippen LogP contribution in [0.5, 0.6) is 0 Å². The molecule has 0 bridgehead atoms. The third kappa shape index (κ3) is 15.1. The molecule has 0 rings (SSSR count). The monoisotopic (exact) mass is 314 g/mol. The summed E-state index contributed by atoms with van der Waals surface area (Å²) in [6, 6.07) is 0. The van der Waals surface area contributed by atoms with E-state index in [0.717, 1.165) is 51.5 Å². The number of unbranched alkanes of at least 4 members (excludes halogenated alkanes) is 5. The maximum absolute atomic E-state index is 11.5. The van der Waals surface area contributed by atoms with E-state index in [-0.39, 0.29) is 12.0 Å². The van der Waals surface area contributed by atoms with Crippen molar-refractivity contribution in [3.05, 3.63) is 0 Å². The van der Waals surface area contributed by atoms with Crippen LogP contribution in [0.15, 0.2) is 0 Å². The predicted molar refractivity (Wildman–Crippen MR) is 89.9 cm³/mol. The standard InChI is InChI=1S/C17H34N2O3/c1-5-6-13-18-15(20)12-10-8-7-9-11-14-19-16(21)22-17(2,3)4/h5-14H2,1-4H3,(H,18,20)(H,19,21). The van der Waals surface area contributed by atoms with E-state index in [9.17, 15) is 9.59 Å². The van der Waals surface area contributed by atoms with Crippen molar-refractivity contribution in [2.75, 3.05) is 13.1 Å². The van der Waals surface area contributed by atoms with Gasteiger partial charge in [-0.25, -0.2) is 4.79 Å². The summed E-state index contributed by atoms with van der Waals surface area (Å²) in [5, 5.41) is 5.68. The van der Waals surface area contributed by atoms with Gasteiger partial charge < -0.3 is 15.4 Å². The highest BCUT2D eigenvalue weighted by molar-refractivity contribution is 5.75. The minimum absolute atomic E-state index is 0.167. The highest BCUT2D eigenvalue weighted by Gasteiger charge is 2.15. The van der Waals surface area contributed by atoms with Crippen molar-refractivity contribution in [1.29, 1.82) is 0 Å². The largest absolute Gasteiger partial charge is 0.444 e. The summed E-state index contributed by atoms with van der Waals surface area (Å²) < 4.78 is 5.15. The lowest BCUT2D eigenvalue weighted by Crippen LogP contribution is -2.32. The second-order valence-electron chi connectivity index (χ2n) is 6.65. The van der Waals surface area contributed by atoms with Gasteiger partial charge in [0.15, 0.2) is 0 Å². The van der Waals surface area contributed by atoms with Crippen molar-refractivity contribution < 1.29 is 14.3 Å². The molecule has 0 radical (unpaired) electrons. The Hall–Kier alpha value is -1.26. The first-order chi connectivity index (χ1) is 10.3. The number of ether oxygens (including phenoxy) is 1. The van der Waals surface area contributed by atoms with E-state index in [1.54, 1.807) is 0 Å². The summed E-state index contributed by atoms with van der Waals surface area (Å²) in [4.78, 5) is 22.9. The molecule has 0 aliphatic heterocycles. The summed E-state index contributed by atoms with van der Waals surface area (Å²) in [6.45, 7) is 9.11. The molecule has 5 heteroatoms. The molecule has 2 N–H and O–H groups in total. The van der Waals surface area contributed by atoms with E-state index in [4.69, 9.17) is 4.74 Å². The third-order valence-electron chi connectivity index (χ3n) is 3.10. The second-order valence-corrected chi connectivity index (χ2v) is 6.65. The fourth-order valence-corrected chi connectivity index (χ4v) is 1.94. The van der Waals surface area contributed by atoms with Gasteiger partial charge in [0, 0.05) is 19.5 Å². The topological polar surface area (TPSA) is 67.4 Å². The number of alkyl carbamates (subject to hydrolysis) is 1. The van der Waals surface area contributed by atoms with Crippen molar-refractivity contribution in [2.45, 2.75) is 84.7 Å². The predicted octanol–water partition coefficient (Wildman–Crippen LogP) is 3.77. The van der Waals surface area contributed by atoms with Crippen LogP contribution in [0.25, 0.3) is 0 Å². The van der Waals surface area contributed by atoms with Gasteiger partial charge in [0.25, 0.3) is 0 Å². The maximum atomic E-state index is 11.5. The summed E-state index contributed by atoms with van der Waals surface area (Å²) in [7, 11) is 0. The number of carbonyl (C=O) groups excluding carboxylic acids is 2. The molecule has 0 atom stereocenters. The molecule has 0 aromatic rings. The quantitative estimate of drug-likeness (QED) is 0.570. The number of carbonyl (C=O) groups is 2. The highest BCUT2D eigenvalue weighted by Crippen LogP contribution is 2.07. The van der Waals surface area contributed by atoms with E-state index in [0.29, 0.717) is 13.0 Å². The molecule has 0 aromatic carbocycles. The Labute approximate surface area is 135 Å². The Bertz CT molecular complexity index is 312. The average molecular weight is 314 g/mol. The Morgan fingerprint density at radius 1 is 0.864 bits per heavy atom. The molecule has 0 saturated heterocycles. The van der Waals surface area contributed by atoms with E-state index < -0.39 is 5.60 Å². The van der Waals surface area contributed by atoms with Crippen LogP contribution in [0.3, 0.4) is 0 Å². The zero-order valence-electron chi connectivity index (χ0n) is 14.8. The molecule has 0 aromatic heterocycles. The summed E-state index contributed by atoms with van der Waals surface area (Å²) >= 11 is 0. The summed E-state index contributed by atoms with van der Waals surface area (Å²) in [5.74, 6) is 0.167. The molecule has 0 heterocycles. The van der Waals surface area contributed by atoms with E-state index in [1.165, 1.54) is 0 Å². The van der Waals surface area contributed by atoms with Gasteiger partial charge in [-0.2, -0.15) is 0 Å². The first kappa shape index (κ1) is 20.7. The van der Waals surface area contributed by atoms with E-state index >= 15 is 0 Å². The van der Waals surface area contributed by atoms with Crippen LogP contribution in [0.4, 0.5) is 4.79 Å². The Morgan fingerprint density at radius 2 is 1.45 bits per heavy atom. The lowest BCUT2D eigenvalue weighted by atomic mass is 10.1. The number of hydrogen-bond acceptors (Lipinski definition) is 3. The van der Waals surface area contributed by atoms with Crippen molar-refractivity contribution in [2.24, 2.45) is 0 Å². The third-order valence-corrected chi connectivity index (χ3v) is 3.10. The molecule has 0 spiro atoms. The first-order valence-corrected chi connectivity index (χ1v) is 8.58. The minimum atomic E-state index is -0.443. The zero-order valence-corrected chi connectivity index (χ0v) is 14.8. The Kier molecular flexibility index (Phi) is 11.6. The average Bonchev–Trinajstić information content (AvgIpc) is 2.40. The van der Waals surface area contributed by atoms with Crippen LogP contribution < -0.4 is 10.6 Å². The molecule has 0 aliphatic carbocycles. The molecule has 2 amide bonds. The smallest absolute Gasteiger partial charge is 0.407 e. The lowest BCUT2D eigenvalue weighted by molar-refractivity contribution is -0.121. The van der Waals surface area contributed by atoms with Gasteiger partial charge in [0.1, 0.15) is 5.60 Å². The Balaban J connectivity index is 3.33. The van der Waals surface area contributed by atoms with Crippen molar-refractivity contribution in [3.8, 4) is 0 Å². The number of amides is 2. The van der Waals surface area contributed by atoms with Crippen molar-refractivity contribution in [1.82, 2.24) is 10.6 Å². The maximum Gasteiger partial charge on any atom is 0.407 e. The molecule has 0 aliphatic rings. The molecule has 0 fully saturated rings. The summed E-state index contributed by atoms with van der Waals surface area (Å²) in [6.07, 6.45) is 7.54. The molecule has 5 nitrogen and oxygen atoms in total. The van der Waals surface area contributed by atoms with Gasteiger partial charge in [0.05, 0.1) is 0 Å². The normalized spacial score (nSPS) is 11.1. The fraction of sp³-hybridized carbons (Fsp3) is 0.882. The number of hydrogen-bond donors (Lipinski definition) is 2. The molecule has 0 unspecified atom stereocenters. The molecular weight excluding hydrogens is 280 g/mol. The highest BCUT2D eigenvalue weighted by atomic mass is 16.6. The van der Waals surface area contributed by atoms with Crippen LogP contribution in [0.2, 0.25) is 0 Å². The number of rotatable bonds is 11. The second kappa shape index (κ2) is 12.3. The minimum Gasteiger partial charge on any atom is -0.444 e. The van der Waals surface area contributed by atoms with Gasteiger partial charge in [-0.3, -0.25) is 4.79 Å². The summed E-state index contributed by atoms with van der Waals surface area (Å²) in [5.41, 5.74) is -0.443. The molecule has 0 saturated carbocycles.